The quantitative estimate of drug-likeness (QED) is 0.422. The molecule has 126 valence electrons. The summed E-state index contributed by atoms with van der Waals surface area (Å²) in [7, 11) is 0. The monoisotopic (exact) mass is 321 g/mol. The molecular formula is C16H23N3O4. The molecule has 4 N–H and O–H groups in total. The topological polar surface area (TPSA) is 118 Å². The number of benzene rings is 1. The van der Waals surface area contributed by atoms with Crippen LogP contribution in [0, 0.1) is 15.5 Å². The van der Waals surface area contributed by atoms with Gasteiger partial charge in [-0.3, -0.25) is 14.9 Å². The van der Waals surface area contributed by atoms with Crippen LogP contribution in [0.5, 0.6) is 0 Å². The zero-order chi connectivity index (χ0) is 16.9. The summed E-state index contributed by atoms with van der Waals surface area (Å²) in [6.07, 6.45) is 5.82. The van der Waals surface area contributed by atoms with Crippen LogP contribution in [0.25, 0.3) is 0 Å². The Labute approximate surface area is 135 Å². The van der Waals surface area contributed by atoms with Gasteiger partial charge in [-0.1, -0.05) is 25.3 Å². The lowest BCUT2D eigenvalue weighted by molar-refractivity contribution is -0.385. The van der Waals surface area contributed by atoms with Gasteiger partial charge in [0.05, 0.1) is 10.6 Å². The number of hydrogen-bond donors (Lipinski definition) is 3. The molecule has 7 heteroatoms. The molecule has 0 unspecified atom stereocenters. The number of nitrogen functional groups attached to an aromatic ring is 1. The summed E-state index contributed by atoms with van der Waals surface area (Å²) in [6.45, 7) is 0.474. The Kier molecular flexibility index (Phi) is 5.54. The minimum Gasteiger partial charge on any atom is -0.398 e. The molecule has 0 aliphatic heterocycles. The third kappa shape index (κ3) is 3.98. The van der Waals surface area contributed by atoms with Crippen molar-refractivity contribution < 1.29 is 14.8 Å². The Hall–Kier alpha value is -2.15. The van der Waals surface area contributed by atoms with Gasteiger partial charge in [0.2, 0.25) is 0 Å². The number of aliphatic hydroxyl groups is 1. The highest BCUT2D eigenvalue weighted by atomic mass is 16.6. The van der Waals surface area contributed by atoms with E-state index >= 15 is 0 Å². The number of nitrogens with zero attached hydrogens (tertiary/aromatic N) is 1. The third-order valence-corrected chi connectivity index (χ3v) is 4.68. The van der Waals surface area contributed by atoms with E-state index in [0.717, 1.165) is 32.1 Å². The Morgan fingerprint density at radius 1 is 1.35 bits per heavy atom. The highest BCUT2D eigenvalue weighted by Crippen LogP contribution is 2.38. The van der Waals surface area contributed by atoms with Gasteiger partial charge in [0.1, 0.15) is 5.56 Å². The Bertz CT molecular complexity index is 577. The molecule has 0 atom stereocenters. The fraction of sp³-hybridized carbons (Fsp3) is 0.562. The highest BCUT2D eigenvalue weighted by molar-refractivity contribution is 6.03. The first kappa shape index (κ1) is 17.2. The first-order valence-corrected chi connectivity index (χ1v) is 7.91. The summed E-state index contributed by atoms with van der Waals surface area (Å²) in [5.74, 6) is -0.530. The number of nitro benzene ring substituents is 1. The van der Waals surface area contributed by atoms with E-state index < -0.39 is 10.8 Å². The maximum Gasteiger partial charge on any atom is 0.284 e. The van der Waals surface area contributed by atoms with Crippen LogP contribution < -0.4 is 11.1 Å². The standard InChI is InChI=1S/C16H23N3O4/c17-12-5-4-6-13(19(22)23)14(12)15(21)18-11-16(9-10-20)7-2-1-3-8-16/h4-6,20H,1-3,7-11,17H2,(H,18,21). The molecule has 1 aromatic rings. The van der Waals surface area contributed by atoms with Crippen LogP contribution in [0.1, 0.15) is 48.9 Å². The largest absolute Gasteiger partial charge is 0.398 e. The minimum absolute atomic E-state index is 0.0729. The normalized spacial score (nSPS) is 16.7. The Morgan fingerprint density at radius 3 is 2.65 bits per heavy atom. The molecule has 1 amide bonds. The van der Waals surface area contributed by atoms with Crippen LogP contribution in [-0.4, -0.2) is 29.1 Å². The van der Waals surface area contributed by atoms with Gasteiger partial charge in [0.25, 0.3) is 11.6 Å². The summed E-state index contributed by atoms with van der Waals surface area (Å²) in [6, 6.07) is 4.21. The Morgan fingerprint density at radius 2 is 2.04 bits per heavy atom. The SMILES string of the molecule is Nc1cccc([N+](=O)[O-])c1C(=O)NCC1(CCO)CCCCC1. The molecule has 0 saturated heterocycles. The van der Waals surface area contributed by atoms with Crippen LogP contribution in [0.2, 0.25) is 0 Å². The minimum atomic E-state index is -0.602. The number of aliphatic hydroxyl groups excluding tert-OH is 1. The van der Waals surface area contributed by atoms with E-state index in [1.165, 1.54) is 18.2 Å². The molecular weight excluding hydrogens is 298 g/mol. The van der Waals surface area contributed by atoms with Gasteiger partial charge in [-0.2, -0.15) is 0 Å². The molecule has 0 aromatic heterocycles. The highest BCUT2D eigenvalue weighted by Gasteiger charge is 2.33. The zero-order valence-corrected chi connectivity index (χ0v) is 13.1. The number of rotatable bonds is 6. The summed E-state index contributed by atoms with van der Waals surface area (Å²) in [5, 5.41) is 23.2. The van der Waals surface area contributed by atoms with Crippen LogP contribution in [0.15, 0.2) is 18.2 Å². The molecule has 0 bridgehead atoms. The average Bonchev–Trinajstić information content (AvgIpc) is 2.53. The maximum atomic E-state index is 12.4. The van der Waals surface area contributed by atoms with E-state index in [9.17, 15) is 20.0 Å². The van der Waals surface area contributed by atoms with E-state index in [0.29, 0.717) is 13.0 Å². The summed E-state index contributed by atoms with van der Waals surface area (Å²) in [4.78, 5) is 22.9. The molecule has 7 nitrogen and oxygen atoms in total. The summed E-state index contributed by atoms with van der Waals surface area (Å²) < 4.78 is 0. The number of carbonyl (C=O) groups excluding carboxylic acids is 1. The number of nitrogens with two attached hydrogens (primary N) is 1. The molecule has 0 radical (unpaired) electrons. The molecule has 1 fully saturated rings. The van der Waals surface area contributed by atoms with E-state index in [2.05, 4.69) is 5.32 Å². The fourth-order valence-electron chi connectivity index (χ4n) is 3.37. The summed E-state index contributed by atoms with van der Waals surface area (Å²) >= 11 is 0. The van der Waals surface area contributed by atoms with Crippen molar-refractivity contribution in [2.45, 2.75) is 38.5 Å². The number of nitrogens with one attached hydrogen (secondary N) is 1. The second-order valence-electron chi connectivity index (χ2n) is 6.22. The molecule has 0 heterocycles. The molecule has 1 saturated carbocycles. The van der Waals surface area contributed by atoms with E-state index in [-0.39, 0.29) is 29.0 Å². The van der Waals surface area contributed by atoms with Crippen molar-refractivity contribution in [2.24, 2.45) is 5.41 Å². The van der Waals surface area contributed by atoms with E-state index in [1.54, 1.807) is 0 Å². The van der Waals surface area contributed by atoms with Gasteiger partial charge in [-0.05, 0) is 30.7 Å². The molecule has 1 aromatic carbocycles. The van der Waals surface area contributed by atoms with Crippen LogP contribution in [0.4, 0.5) is 11.4 Å². The number of nitro groups is 1. The maximum absolute atomic E-state index is 12.4. The van der Waals surface area contributed by atoms with Crippen LogP contribution >= 0.6 is 0 Å². The third-order valence-electron chi connectivity index (χ3n) is 4.68. The van der Waals surface area contributed by atoms with E-state index in [1.807, 2.05) is 0 Å². The predicted molar refractivity (Wildman–Crippen MR) is 87.1 cm³/mol. The number of hydrogen-bond acceptors (Lipinski definition) is 5. The Balaban J connectivity index is 2.14. The summed E-state index contributed by atoms with van der Waals surface area (Å²) in [5.41, 5.74) is 5.35. The second kappa shape index (κ2) is 7.41. The van der Waals surface area contributed by atoms with Crippen molar-refractivity contribution in [2.75, 3.05) is 18.9 Å². The van der Waals surface area contributed by atoms with E-state index in [4.69, 9.17) is 5.73 Å². The zero-order valence-electron chi connectivity index (χ0n) is 13.1. The van der Waals surface area contributed by atoms with Crippen molar-refractivity contribution in [3.05, 3.63) is 33.9 Å². The van der Waals surface area contributed by atoms with Gasteiger partial charge in [0.15, 0.2) is 0 Å². The van der Waals surface area contributed by atoms with Gasteiger partial charge in [-0.25, -0.2) is 0 Å². The van der Waals surface area contributed by atoms with Gasteiger partial charge >= 0.3 is 0 Å². The molecule has 2 rings (SSSR count). The lowest BCUT2D eigenvalue weighted by Crippen LogP contribution is -2.40. The van der Waals surface area contributed by atoms with Crippen molar-refractivity contribution in [1.82, 2.24) is 5.32 Å². The van der Waals surface area contributed by atoms with Crippen molar-refractivity contribution in [3.8, 4) is 0 Å². The molecule has 1 aliphatic carbocycles. The van der Waals surface area contributed by atoms with Gasteiger partial charge in [-0.15, -0.1) is 0 Å². The lowest BCUT2D eigenvalue weighted by atomic mass is 9.72. The predicted octanol–water partition coefficient (Wildman–Crippen LogP) is 2.24. The van der Waals surface area contributed by atoms with Gasteiger partial charge < -0.3 is 16.2 Å². The smallest absolute Gasteiger partial charge is 0.284 e. The second-order valence-corrected chi connectivity index (χ2v) is 6.22. The van der Waals surface area contributed by atoms with Crippen molar-refractivity contribution in [1.29, 1.82) is 0 Å². The van der Waals surface area contributed by atoms with Crippen LogP contribution in [0.3, 0.4) is 0 Å². The fourth-order valence-corrected chi connectivity index (χ4v) is 3.37. The molecule has 23 heavy (non-hydrogen) atoms. The van der Waals surface area contributed by atoms with Crippen LogP contribution in [-0.2, 0) is 0 Å². The number of anilines is 1. The molecule has 0 spiro atoms. The number of carbonyl (C=O) groups is 1. The first-order valence-electron chi connectivity index (χ1n) is 7.91. The first-order chi connectivity index (χ1) is 11.0. The molecule has 1 aliphatic rings. The lowest BCUT2D eigenvalue weighted by Gasteiger charge is -2.37. The average molecular weight is 321 g/mol. The van der Waals surface area contributed by atoms with Crippen molar-refractivity contribution >= 4 is 17.3 Å². The van der Waals surface area contributed by atoms with Gasteiger partial charge in [0, 0.05) is 19.2 Å². The number of amides is 1. The van der Waals surface area contributed by atoms with Crippen molar-refractivity contribution in [3.63, 3.8) is 0 Å².